The predicted octanol–water partition coefficient (Wildman–Crippen LogP) is 5.81. The largest absolute Gasteiger partial charge is 0.334 e. The third-order valence-electron chi connectivity index (χ3n) is 4.54. The monoisotopic (exact) mass is 402 g/mol. The summed E-state index contributed by atoms with van der Waals surface area (Å²) in [6.07, 6.45) is 3.41. The fourth-order valence-corrected chi connectivity index (χ4v) is 3.42. The summed E-state index contributed by atoms with van der Waals surface area (Å²) in [6, 6.07) is 17.7. The van der Waals surface area contributed by atoms with E-state index in [4.69, 9.17) is 21.1 Å². The summed E-state index contributed by atoms with van der Waals surface area (Å²) in [4.78, 5) is 13.2. The predicted molar refractivity (Wildman–Crippen MR) is 109 cm³/mol. The number of hydrogen-bond donors (Lipinski definition) is 0. The van der Waals surface area contributed by atoms with Crippen molar-refractivity contribution in [2.24, 2.45) is 0 Å². The van der Waals surface area contributed by atoms with Crippen molar-refractivity contribution in [1.82, 2.24) is 20.1 Å². The van der Waals surface area contributed by atoms with E-state index in [0.29, 0.717) is 5.56 Å². The molecule has 0 bridgehead atoms. The van der Waals surface area contributed by atoms with Crippen molar-refractivity contribution >= 4 is 22.5 Å². The van der Waals surface area contributed by atoms with Gasteiger partial charge in [-0.1, -0.05) is 41.0 Å². The standard InChI is InChI=1S/C22H12ClFN4O/c23-16-5-3-6-17(24)20(16)21-27-22(29-28-21)15-12-19(13-8-10-25-11-9-13)26-18-7-2-1-4-14(15)18/h1-12H. The highest BCUT2D eigenvalue weighted by Crippen LogP contribution is 2.34. The number of pyridine rings is 2. The second-order valence-corrected chi connectivity index (χ2v) is 6.74. The molecule has 0 saturated carbocycles. The Hall–Kier alpha value is -3.64. The molecular formula is C22H12ClFN4O. The van der Waals surface area contributed by atoms with Gasteiger partial charge in [0.2, 0.25) is 5.82 Å². The van der Waals surface area contributed by atoms with Crippen molar-refractivity contribution in [3.63, 3.8) is 0 Å². The molecule has 0 aliphatic heterocycles. The van der Waals surface area contributed by atoms with Crippen LogP contribution in [0.1, 0.15) is 0 Å². The molecule has 0 N–H and O–H groups in total. The molecule has 0 radical (unpaired) electrons. The van der Waals surface area contributed by atoms with Crippen LogP contribution in [0, 0.1) is 5.82 Å². The van der Waals surface area contributed by atoms with E-state index in [1.54, 1.807) is 18.5 Å². The van der Waals surface area contributed by atoms with Gasteiger partial charge in [0, 0.05) is 23.3 Å². The molecule has 0 spiro atoms. The van der Waals surface area contributed by atoms with Crippen LogP contribution in [0.4, 0.5) is 4.39 Å². The first-order valence-corrected chi connectivity index (χ1v) is 9.17. The number of hydrogen-bond acceptors (Lipinski definition) is 5. The molecule has 0 saturated heterocycles. The van der Waals surface area contributed by atoms with Crippen molar-refractivity contribution < 1.29 is 8.91 Å². The number of aromatic nitrogens is 4. The summed E-state index contributed by atoms with van der Waals surface area (Å²) < 4.78 is 19.8. The summed E-state index contributed by atoms with van der Waals surface area (Å²) >= 11 is 6.14. The van der Waals surface area contributed by atoms with Crippen LogP contribution >= 0.6 is 11.6 Å². The number of para-hydroxylation sites is 1. The van der Waals surface area contributed by atoms with Crippen LogP contribution in [0.3, 0.4) is 0 Å². The average Bonchev–Trinajstić information content (AvgIpc) is 3.23. The molecule has 0 atom stereocenters. The number of rotatable bonds is 3. The average molecular weight is 403 g/mol. The van der Waals surface area contributed by atoms with Crippen LogP contribution < -0.4 is 0 Å². The topological polar surface area (TPSA) is 64.7 Å². The van der Waals surface area contributed by atoms with Gasteiger partial charge in [-0.3, -0.25) is 4.98 Å². The molecule has 7 heteroatoms. The van der Waals surface area contributed by atoms with Gasteiger partial charge in [-0.2, -0.15) is 4.98 Å². The lowest BCUT2D eigenvalue weighted by Gasteiger charge is -2.07. The lowest BCUT2D eigenvalue weighted by atomic mass is 10.0. The Kier molecular flexibility index (Phi) is 4.26. The highest BCUT2D eigenvalue weighted by Gasteiger charge is 2.19. The fraction of sp³-hybridized carbons (Fsp3) is 0. The lowest BCUT2D eigenvalue weighted by molar-refractivity contribution is 0.432. The molecule has 0 aliphatic carbocycles. The zero-order chi connectivity index (χ0) is 19.8. The van der Waals surface area contributed by atoms with Crippen LogP contribution in [0.2, 0.25) is 5.02 Å². The Morgan fingerprint density at radius 3 is 2.55 bits per heavy atom. The van der Waals surface area contributed by atoms with E-state index >= 15 is 0 Å². The maximum atomic E-state index is 14.3. The van der Waals surface area contributed by atoms with Gasteiger partial charge in [0.25, 0.3) is 5.89 Å². The minimum absolute atomic E-state index is 0.0921. The maximum Gasteiger partial charge on any atom is 0.259 e. The van der Waals surface area contributed by atoms with E-state index in [1.165, 1.54) is 12.1 Å². The van der Waals surface area contributed by atoms with E-state index in [-0.39, 0.29) is 22.3 Å². The molecule has 0 unspecified atom stereocenters. The molecule has 29 heavy (non-hydrogen) atoms. The summed E-state index contributed by atoms with van der Waals surface area (Å²) in [5.74, 6) is -0.162. The molecule has 5 nitrogen and oxygen atoms in total. The van der Waals surface area contributed by atoms with Crippen LogP contribution in [0.5, 0.6) is 0 Å². The minimum Gasteiger partial charge on any atom is -0.334 e. The van der Waals surface area contributed by atoms with Gasteiger partial charge in [-0.05, 0) is 36.4 Å². The van der Waals surface area contributed by atoms with Crippen LogP contribution in [0.25, 0.3) is 45.0 Å². The van der Waals surface area contributed by atoms with E-state index in [0.717, 1.165) is 22.2 Å². The molecule has 0 fully saturated rings. The number of fused-ring (bicyclic) bond motifs is 1. The van der Waals surface area contributed by atoms with Crippen molar-refractivity contribution in [1.29, 1.82) is 0 Å². The van der Waals surface area contributed by atoms with Gasteiger partial charge in [0.05, 0.1) is 27.4 Å². The molecule has 0 amide bonds. The van der Waals surface area contributed by atoms with E-state index in [1.807, 2.05) is 42.5 Å². The number of nitrogens with zero attached hydrogens (tertiary/aromatic N) is 4. The molecule has 0 aliphatic rings. The zero-order valence-electron chi connectivity index (χ0n) is 14.9. The Balaban J connectivity index is 1.71. The zero-order valence-corrected chi connectivity index (χ0v) is 15.6. The third-order valence-corrected chi connectivity index (χ3v) is 4.85. The quantitative estimate of drug-likeness (QED) is 0.381. The van der Waals surface area contributed by atoms with Crippen molar-refractivity contribution in [2.45, 2.75) is 0 Å². The summed E-state index contributed by atoms with van der Waals surface area (Å²) in [5, 5.41) is 5.02. The molecule has 3 aromatic heterocycles. The Bertz CT molecular complexity index is 1320. The van der Waals surface area contributed by atoms with Gasteiger partial charge in [0.1, 0.15) is 5.82 Å². The van der Waals surface area contributed by atoms with E-state index in [2.05, 4.69) is 15.1 Å². The third kappa shape index (κ3) is 3.13. The Morgan fingerprint density at radius 1 is 0.897 bits per heavy atom. The highest BCUT2D eigenvalue weighted by molar-refractivity contribution is 6.33. The van der Waals surface area contributed by atoms with Crippen molar-refractivity contribution in [2.75, 3.05) is 0 Å². The second kappa shape index (κ2) is 7.07. The fourth-order valence-electron chi connectivity index (χ4n) is 3.17. The van der Waals surface area contributed by atoms with Gasteiger partial charge < -0.3 is 4.52 Å². The summed E-state index contributed by atoms with van der Waals surface area (Å²) in [6.45, 7) is 0. The first kappa shape index (κ1) is 17.5. The van der Waals surface area contributed by atoms with Gasteiger partial charge in [0.15, 0.2) is 0 Å². The van der Waals surface area contributed by atoms with Gasteiger partial charge in [-0.25, -0.2) is 9.37 Å². The molecular weight excluding hydrogens is 391 g/mol. The van der Waals surface area contributed by atoms with Gasteiger partial charge in [-0.15, -0.1) is 0 Å². The van der Waals surface area contributed by atoms with E-state index < -0.39 is 5.82 Å². The number of benzene rings is 2. The van der Waals surface area contributed by atoms with Crippen molar-refractivity contribution in [3.05, 3.63) is 83.9 Å². The minimum atomic E-state index is -0.512. The van der Waals surface area contributed by atoms with Crippen molar-refractivity contribution in [3.8, 4) is 34.1 Å². The Morgan fingerprint density at radius 2 is 1.72 bits per heavy atom. The summed E-state index contributed by atoms with van der Waals surface area (Å²) in [5.41, 5.74) is 3.24. The van der Waals surface area contributed by atoms with Gasteiger partial charge >= 0.3 is 0 Å². The van der Waals surface area contributed by atoms with Crippen LogP contribution in [0.15, 0.2) is 77.6 Å². The normalized spacial score (nSPS) is 11.1. The van der Waals surface area contributed by atoms with Crippen LogP contribution in [-0.4, -0.2) is 20.1 Å². The molecule has 140 valence electrons. The Labute approximate surface area is 169 Å². The summed E-state index contributed by atoms with van der Waals surface area (Å²) in [7, 11) is 0. The van der Waals surface area contributed by atoms with Crippen LogP contribution in [-0.2, 0) is 0 Å². The molecule has 5 rings (SSSR count). The molecule has 3 heterocycles. The first-order chi connectivity index (χ1) is 14.2. The lowest BCUT2D eigenvalue weighted by Crippen LogP contribution is -1.91. The SMILES string of the molecule is Fc1cccc(Cl)c1-c1noc(-c2cc(-c3ccncc3)nc3ccccc23)n1. The smallest absolute Gasteiger partial charge is 0.259 e. The number of halogens is 2. The maximum absolute atomic E-state index is 14.3. The molecule has 5 aromatic rings. The molecule has 2 aromatic carbocycles. The second-order valence-electron chi connectivity index (χ2n) is 6.33. The highest BCUT2D eigenvalue weighted by atomic mass is 35.5. The first-order valence-electron chi connectivity index (χ1n) is 8.79. The van der Waals surface area contributed by atoms with E-state index in [9.17, 15) is 4.39 Å².